The number of rotatable bonds is 7. The van der Waals surface area contributed by atoms with E-state index in [0.717, 1.165) is 11.6 Å². The Kier molecular flexibility index (Phi) is 6.06. The van der Waals surface area contributed by atoms with Crippen molar-refractivity contribution in [2.75, 3.05) is 0 Å². The minimum atomic E-state index is -3.95. The zero-order chi connectivity index (χ0) is 24.6. The van der Waals surface area contributed by atoms with Crippen LogP contribution in [0.25, 0.3) is 6.08 Å². The minimum Gasteiger partial charge on any atom is -0.489 e. The van der Waals surface area contributed by atoms with Crippen molar-refractivity contribution in [3.63, 3.8) is 0 Å². The molecule has 1 heterocycles. The fourth-order valence-corrected chi connectivity index (χ4v) is 5.94. The van der Waals surface area contributed by atoms with Gasteiger partial charge in [-0.05, 0) is 42.5 Å². The first-order valence-electron chi connectivity index (χ1n) is 11.1. The molecule has 3 aromatic rings. The van der Waals surface area contributed by atoms with Crippen LogP contribution >= 0.6 is 0 Å². The van der Waals surface area contributed by atoms with Crippen LogP contribution < -0.4 is 14.2 Å². The Morgan fingerprint density at radius 2 is 1.71 bits per heavy atom. The molecule has 0 bridgehead atoms. The van der Waals surface area contributed by atoms with Crippen LogP contribution in [0.1, 0.15) is 23.5 Å². The maximum absolute atomic E-state index is 13.2. The number of aliphatic carboxylic acids is 1. The number of nitrogens with one attached hydrogen (secondary N) is 1. The van der Waals surface area contributed by atoms with Gasteiger partial charge in [0, 0.05) is 29.5 Å². The van der Waals surface area contributed by atoms with E-state index in [1.165, 1.54) is 18.2 Å². The number of hydrogen-bond acceptors (Lipinski definition) is 6. The lowest BCUT2D eigenvalue weighted by Crippen LogP contribution is -2.43. The van der Waals surface area contributed by atoms with E-state index in [2.05, 4.69) is 4.72 Å². The van der Waals surface area contributed by atoms with Crippen LogP contribution in [0, 0.1) is 0 Å². The topological polar surface area (TPSA) is 122 Å². The zero-order valence-corrected chi connectivity index (χ0v) is 19.3. The van der Waals surface area contributed by atoms with Crippen molar-refractivity contribution < 1.29 is 32.9 Å². The lowest BCUT2D eigenvalue weighted by atomic mass is 9.93. The minimum absolute atomic E-state index is 0.0471. The predicted molar refractivity (Wildman–Crippen MR) is 128 cm³/mol. The van der Waals surface area contributed by atoms with Gasteiger partial charge in [0.1, 0.15) is 23.4 Å². The van der Waals surface area contributed by atoms with E-state index in [-0.39, 0.29) is 11.3 Å². The molecule has 8 nitrogen and oxygen atoms in total. The van der Waals surface area contributed by atoms with Crippen molar-refractivity contribution in [2.24, 2.45) is 0 Å². The first kappa shape index (κ1) is 23.1. The summed E-state index contributed by atoms with van der Waals surface area (Å²) in [5.74, 6) is 0.157. The molecular formula is C26H23NO7S. The number of para-hydroxylation sites is 2. The molecule has 1 fully saturated rings. The average Bonchev–Trinajstić information content (AvgIpc) is 3.34. The molecule has 35 heavy (non-hydrogen) atoms. The fraction of sp³-hybridized carbons (Fsp3) is 0.192. The molecule has 0 aromatic heterocycles. The third kappa shape index (κ3) is 4.66. The van der Waals surface area contributed by atoms with Crippen molar-refractivity contribution in [3.8, 4) is 17.2 Å². The Bertz CT molecular complexity index is 1370. The summed E-state index contributed by atoms with van der Waals surface area (Å²) in [5.41, 5.74) is 1.32. The highest BCUT2D eigenvalue weighted by Crippen LogP contribution is 2.49. The number of carbonyl (C=O) groups is 1. The largest absolute Gasteiger partial charge is 0.489 e. The SMILES string of the molecule is O=C(O)/C=C/c1cccc2c1OC1CC(O)C(NS(=O)(=O)c3ccc(Oc4ccccc4)cc3)C21. The molecule has 9 heteroatoms. The van der Waals surface area contributed by atoms with E-state index in [0.29, 0.717) is 22.8 Å². The van der Waals surface area contributed by atoms with Crippen LogP contribution in [0.4, 0.5) is 0 Å². The van der Waals surface area contributed by atoms with Crippen molar-refractivity contribution in [1.82, 2.24) is 4.72 Å². The summed E-state index contributed by atoms with van der Waals surface area (Å²) < 4.78 is 40.8. The van der Waals surface area contributed by atoms with E-state index in [1.54, 1.807) is 36.4 Å². The van der Waals surface area contributed by atoms with Crippen LogP contribution in [0.3, 0.4) is 0 Å². The van der Waals surface area contributed by atoms with Crippen LogP contribution in [0.5, 0.6) is 17.2 Å². The number of aliphatic hydroxyl groups excluding tert-OH is 1. The maximum Gasteiger partial charge on any atom is 0.328 e. The molecular weight excluding hydrogens is 470 g/mol. The summed E-state index contributed by atoms with van der Waals surface area (Å²) in [6.07, 6.45) is 1.35. The number of hydrogen-bond donors (Lipinski definition) is 3. The number of ether oxygens (including phenoxy) is 2. The second kappa shape index (κ2) is 9.18. The standard InChI is InChI=1S/C26H23NO7S/c28-21-15-22-24(20-8-4-5-16(26(20)34-22)9-14-23(29)30)25(21)27-35(31,32)19-12-10-18(11-13-19)33-17-6-2-1-3-7-17/h1-14,21-22,24-25,27-28H,15H2,(H,29,30)/b14-9+. The van der Waals surface area contributed by atoms with Gasteiger partial charge in [-0.3, -0.25) is 0 Å². The Balaban J connectivity index is 1.37. The highest BCUT2D eigenvalue weighted by Gasteiger charge is 2.51. The Morgan fingerprint density at radius 1 is 1.00 bits per heavy atom. The molecule has 2 aliphatic rings. The second-order valence-corrected chi connectivity index (χ2v) is 10.2. The average molecular weight is 494 g/mol. The summed E-state index contributed by atoms with van der Waals surface area (Å²) in [4.78, 5) is 11.0. The molecule has 4 unspecified atom stereocenters. The summed E-state index contributed by atoms with van der Waals surface area (Å²) in [5, 5.41) is 19.6. The molecule has 180 valence electrons. The number of carboxylic acids is 1. The van der Waals surface area contributed by atoms with Gasteiger partial charge in [0.25, 0.3) is 0 Å². The summed E-state index contributed by atoms with van der Waals surface area (Å²) in [6, 6.07) is 19.7. The van der Waals surface area contributed by atoms with Gasteiger partial charge in [0.15, 0.2) is 0 Å². The van der Waals surface area contributed by atoms with Crippen LogP contribution in [0.2, 0.25) is 0 Å². The third-order valence-electron chi connectivity index (χ3n) is 6.19. The first-order chi connectivity index (χ1) is 16.8. The van der Waals surface area contributed by atoms with Crippen molar-refractivity contribution in [3.05, 3.63) is 90.0 Å². The van der Waals surface area contributed by atoms with E-state index < -0.39 is 40.2 Å². The Labute approximate surface area is 202 Å². The van der Waals surface area contributed by atoms with Gasteiger partial charge in [-0.25, -0.2) is 17.9 Å². The molecule has 3 N–H and O–H groups in total. The predicted octanol–water partition coefficient (Wildman–Crippen LogP) is 3.53. The fourth-order valence-electron chi connectivity index (χ4n) is 4.64. The number of sulfonamides is 1. The normalized spacial score (nSPS) is 23.0. The van der Waals surface area contributed by atoms with Gasteiger partial charge in [-0.15, -0.1) is 0 Å². The van der Waals surface area contributed by atoms with Crippen LogP contribution in [-0.4, -0.2) is 42.8 Å². The van der Waals surface area contributed by atoms with Gasteiger partial charge in [0.2, 0.25) is 10.0 Å². The third-order valence-corrected chi connectivity index (χ3v) is 7.66. The summed E-state index contributed by atoms with van der Waals surface area (Å²) in [7, 11) is -3.95. The van der Waals surface area contributed by atoms with Crippen LogP contribution in [0.15, 0.2) is 83.8 Å². The van der Waals surface area contributed by atoms with E-state index in [1.807, 2.05) is 24.3 Å². The quantitative estimate of drug-likeness (QED) is 0.431. The van der Waals surface area contributed by atoms with E-state index in [9.17, 15) is 18.3 Å². The summed E-state index contributed by atoms with van der Waals surface area (Å²) >= 11 is 0. The van der Waals surface area contributed by atoms with Gasteiger partial charge in [-0.1, -0.05) is 36.4 Å². The highest BCUT2D eigenvalue weighted by atomic mass is 32.2. The van der Waals surface area contributed by atoms with Gasteiger partial charge < -0.3 is 19.7 Å². The smallest absolute Gasteiger partial charge is 0.328 e. The van der Waals surface area contributed by atoms with Crippen molar-refractivity contribution >= 4 is 22.1 Å². The molecule has 1 aliphatic carbocycles. The van der Waals surface area contributed by atoms with Gasteiger partial charge in [0.05, 0.1) is 17.0 Å². The summed E-state index contributed by atoms with van der Waals surface area (Å²) in [6.45, 7) is 0. The van der Waals surface area contributed by atoms with E-state index in [4.69, 9.17) is 14.6 Å². The number of carboxylic acid groups (broad SMARTS) is 1. The molecule has 0 spiro atoms. The van der Waals surface area contributed by atoms with Crippen molar-refractivity contribution in [1.29, 1.82) is 0 Å². The maximum atomic E-state index is 13.2. The molecule has 0 radical (unpaired) electrons. The molecule has 0 amide bonds. The van der Waals surface area contributed by atoms with Crippen LogP contribution in [-0.2, 0) is 14.8 Å². The molecule has 0 saturated heterocycles. The van der Waals surface area contributed by atoms with Crippen molar-refractivity contribution in [2.45, 2.75) is 35.5 Å². The highest BCUT2D eigenvalue weighted by molar-refractivity contribution is 7.89. The molecule has 5 rings (SSSR count). The van der Waals surface area contributed by atoms with Gasteiger partial charge >= 0.3 is 5.97 Å². The Morgan fingerprint density at radius 3 is 2.43 bits per heavy atom. The molecule has 4 atom stereocenters. The molecule has 3 aromatic carbocycles. The Hall–Kier alpha value is -3.66. The number of benzene rings is 3. The lowest BCUT2D eigenvalue weighted by molar-refractivity contribution is -0.131. The van der Waals surface area contributed by atoms with Gasteiger partial charge in [-0.2, -0.15) is 0 Å². The molecule has 1 saturated carbocycles. The number of fused-ring (bicyclic) bond motifs is 3. The second-order valence-electron chi connectivity index (χ2n) is 8.46. The lowest BCUT2D eigenvalue weighted by Gasteiger charge is -2.22. The molecule has 1 aliphatic heterocycles. The van der Waals surface area contributed by atoms with E-state index >= 15 is 0 Å². The monoisotopic (exact) mass is 493 g/mol. The number of aliphatic hydroxyl groups is 1. The first-order valence-corrected chi connectivity index (χ1v) is 12.5. The zero-order valence-electron chi connectivity index (χ0n) is 18.4.